The first kappa shape index (κ1) is 9.69. The van der Waals surface area contributed by atoms with Crippen LogP contribution in [0.4, 0.5) is 0 Å². The van der Waals surface area contributed by atoms with Crippen molar-refractivity contribution in [3.8, 4) is 0 Å². The minimum atomic E-state index is -1.23. The smallest absolute Gasteiger partial charge is 0.545 e. The van der Waals surface area contributed by atoms with E-state index in [4.69, 9.17) is 9.90 Å². The van der Waals surface area contributed by atoms with Gasteiger partial charge >= 0.3 is 37.7 Å². The van der Waals surface area contributed by atoms with Crippen molar-refractivity contribution in [2.75, 3.05) is 0 Å². The summed E-state index contributed by atoms with van der Waals surface area (Å²) >= 11 is 0. The van der Waals surface area contributed by atoms with Gasteiger partial charge in [-0.05, 0) is 6.08 Å². The Hall–Kier alpha value is 0.470. The monoisotopic (exact) mass is 111 g/mol. The van der Waals surface area contributed by atoms with Crippen LogP contribution in [0.3, 0.4) is 0 Å². The maximum Gasteiger partial charge on any atom is 2.00 e. The summed E-state index contributed by atoms with van der Waals surface area (Å²) in [6.07, 6.45) is 0.722. The Morgan fingerprint density at radius 2 is 2.00 bits per heavy atom. The van der Waals surface area contributed by atoms with E-state index in [1.165, 1.54) is 0 Å². The van der Waals surface area contributed by atoms with Gasteiger partial charge in [-0.15, -0.1) is 0 Å². The van der Waals surface area contributed by atoms with Gasteiger partial charge in [0.1, 0.15) is 0 Å². The molecular formula is C3H3CaO2+. The van der Waals surface area contributed by atoms with Crippen LogP contribution in [0.25, 0.3) is 0 Å². The maximum atomic E-state index is 9.14. The van der Waals surface area contributed by atoms with Crippen LogP contribution < -0.4 is 5.11 Å². The molecule has 0 spiro atoms. The molecule has 2 nitrogen and oxygen atoms in total. The summed E-state index contributed by atoms with van der Waals surface area (Å²) in [6.45, 7) is 2.90. The molecule has 0 atom stereocenters. The Morgan fingerprint density at radius 1 is 1.83 bits per heavy atom. The molecular weight excluding hydrogens is 108 g/mol. The van der Waals surface area contributed by atoms with Crippen molar-refractivity contribution in [3.05, 3.63) is 12.7 Å². The first-order chi connectivity index (χ1) is 2.27. The molecule has 6 heavy (non-hydrogen) atoms. The molecule has 0 saturated heterocycles. The molecule has 0 aromatic rings. The molecule has 0 fully saturated rings. The molecule has 0 radical (unpaired) electrons. The summed E-state index contributed by atoms with van der Waals surface area (Å²) in [5.41, 5.74) is 0. The minimum Gasteiger partial charge on any atom is -0.545 e. The topological polar surface area (TPSA) is 40.1 Å². The van der Waals surface area contributed by atoms with Crippen molar-refractivity contribution in [1.29, 1.82) is 0 Å². The van der Waals surface area contributed by atoms with Crippen LogP contribution in [0.2, 0.25) is 0 Å². The summed E-state index contributed by atoms with van der Waals surface area (Å²) in [4.78, 5) is 9.14. The third-order valence-corrected chi connectivity index (χ3v) is 0.167. The van der Waals surface area contributed by atoms with Gasteiger partial charge in [0.2, 0.25) is 0 Å². The van der Waals surface area contributed by atoms with E-state index in [-0.39, 0.29) is 37.7 Å². The van der Waals surface area contributed by atoms with E-state index in [9.17, 15) is 0 Å². The zero-order valence-corrected chi connectivity index (χ0v) is 5.52. The summed E-state index contributed by atoms with van der Waals surface area (Å²) in [6, 6.07) is 0. The van der Waals surface area contributed by atoms with Crippen LogP contribution in [0.15, 0.2) is 12.7 Å². The van der Waals surface area contributed by atoms with Crippen LogP contribution in [0, 0.1) is 0 Å². The second-order valence-corrected chi connectivity index (χ2v) is 0.523. The average Bonchev–Trinajstić information content (AvgIpc) is 1.38. The van der Waals surface area contributed by atoms with Crippen molar-refractivity contribution in [1.82, 2.24) is 0 Å². The second kappa shape index (κ2) is 5.47. The van der Waals surface area contributed by atoms with Crippen molar-refractivity contribution in [2.45, 2.75) is 0 Å². The van der Waals surface area contributed by atoms with E-state index in [1.807, 2.05) is 0 Å². The molecule has 0 rings (SSSR count). The molecule has 0 aliphatic rings. The van der Waals surface area contributed by atoms with Crippen molar-refractivity contribution >= 4 is 43.7 Å². The molecule has 0 saturated carbocycles. The number of carbonyl (C=O) groups is 1. The van der Waals surface area contributed by atoms with E-state index in [0.29, 0.717) is 0 Å². The SMILES string of the molecule is C=CC(=O)[O-].[Ca+2]. The van der Waals surface area contributed by atoms with Gasteiger partial charge in [-0.3, -0.25) is 0 Å². The Bertz CT molecular complexity index is 59.8. The number of hydrogen-bond acceptors (Lipinski definition) is 2. The molecule has 0 bridgehead atoms. The van der Waals surface area contributed by atoms with Crippen LogP contribution >= 0.6 is 0 Å². The largest absolute Gasteiger partial charge is 2.00 e. The first-order valence-electron chi connectivity index (χ1n) is 1.11. The molecule has 0 heterocycles. The van der Waals surface area contributed by atoms with Crippen molar-refractivity contribution < 1.29 is 9.90 Å². The summed E-state index contributed by atoms with van der Waals surface area (Å²) in [5.74, 6) is -1.23. The Balaban J connectivity index is 0. The number of carboxylic acids is 1. The average molecular weight is 111 g/mol. The molecule has 0 aliphatic carbocycles. The maximum absolute atomic E-state index is 9.14. The molecule has 0 aliphatic heterocycles. The fourth-order valence-corrected chi connectivity index (χ4v) is 0. The van der Waals surface area contributed by atoms with Gasteiger partial charge in [-0.1, -0.05) is 6.58 Å². The van der Waals surface area contributed by atoms with Gasteiger partial charge in [0, 0.05) is 0 Å². The van der Waals surface area contributed by atoms with Gasteiger partial charge in [-0.25, -0.2) is 0 Å². The second-order valence-electron chi connectivity index (χ2n) is 0.523. The Kier molecular flexibility index (Phi) is 8.83. The van der Waals surface area contributed by atoms with E-state index in [2.05, 4.69) is 6.58 Å². The quantitative estimate of drug-likeness (QED) is 0.306. The fraction of sp³-hybridized carbons (Fsp3) is 0. The van der Waals surface area contributed by atoms with Gasteiger partial charge in [0.25, 0.3) is 0 Å². The van der Waals surface area contributed by atoms with Crippen molar-refractivity contribution in [3.63, 3.8) is 0 Å². The summed E-state index contributed by atoms with van der Waals surface area (Å²) in [5, 5.41) is 9.14. The van der Waals surface area contributed by atoms with Gasteiger partial charge in [-0.2, -0.15) is 0 Å². The van der Waals surface area contributed by atoms with Crippen LogP contribution in [-0.2, 0) is 4.79 Å². The number of rotatable bonds is 1. The molecule has 0 aromatic heterocycles. The summed E-state index contributed by atoms with van der Waals surface area (Å²) < 4.78 is 0. The third-order valence-electron chi connectivity index (χ3n) is 0.167. The van der Waals surface area contributed by atoms with E-state index in [1.54, 1.807) is 0 Å². The predicted molar refractivity (Wildman–Crippen MR) is 21.0 cm³/mol. The summed E-state index contributed by atoms with van der Waals surface area (Å²) in [7, 11) is 0. The van der Waals surface area contributed by atoms with Gasteiger partial charge < -0.3 is 9.90 Å². The third kappa shape index (κ3) is 8.82. The molecule has 28 valence electrons. The Morgan fingerprint density at radius 3 is 2.00 bits per heavy atom. The van der Waals surface area contributed by atoms with E-state index in [0.717, 1.165) is 6.08 Å². The zero-order chi connectivity index (χ0) is 4.28. The van der Waals surface area contributed by atoms with E-state index < -0.39 is 5.97 Å². The number of aliphatic carboxylic acids is 1. The first-order valence-corrected chi connectivity index (χ1v) is 1.11. The molecule has 0 unspecified atom stereocenters. The zero-order valence-electron chi connectivity index (χ0n) is 3.31. The number of carbonyl (C=O) groups excluding carboxylic acids is 1. The number of carboxylic acid groups (broad SMARTS) is 1. The van der Waals surface area contributed by atoms with Crippen LogP contribution in [-0.4, -0.2) is 43.7 Å². The van der Waals surface area contributed by atoms with E-state index >= 15 is 0 Å². The van der Waals surface area contributed by atoms with Crippen LogP contribution in [0.1, 0.15) is 0 Å². The molecule has 0 N–H and O–H groups in total. The van der Waals surface area contributed by atoms with Crippen molar-refractivity contribution in [2.24, 2.45) is 0 Å². The minimum absolute atomic E-state index is 0. The van der Waals surface area contributed by atoms with Gasteiger partial charge in [0.05, 0.1) is 5.97 Å². The molecule has 0 aromatic carbocycles. The number of hydrogen-bond donors (Lipinski definition) is 0. The molecule has 0 amide bonds. The van der Waals surface area contributed by atoms with Gasteiger partial charge in [0.15, 0.2) is 0 Å². The normalized spacial score (nSPS) is 5.33. The predicted octanol–water partition coefficient (Wildman–Crippen LogP) is -1.46. The molecule has 3 heteroatoms. The fourth-order valence-electron chi connectivity index (χ4n) is 0. The van der Waals surface area contributed by atoms with Crippen LogP contribution in [0.5, 0.6) is 0 Å². The standard InChI is InChI=1S/C3H4O2.Ca/c1-2-3(4)5;/h2H,1H2,(H,4,5);/q;+2/p-1. The Labute approximate surface area is 65.9 Å².